The molecule has 0 radical (unpaired) electrons. The fourth-order valence-electron chi connectivity index (χ4n) is 4.33. The van der Waals surface area contributed by atoms with Gasteiger partial charge in [-0.3, -0.25) is 4.79 Å². The van der Waals surface area contributed by atoms with E-state index in [0.29, 0.717) is 12.0 Å². The molecule has 1 N–H and O–H groups in total. The molecule has 4 nitrogen and oxygen atoms in total. The third-order valence-electron chi connectivity index (χ3n) is 6.38. The quantitative estimate of drug-likeness (QED) is 0.735. The fraction of sp³-hybridized carbons (Fsp3) is 0.480. The van der Waals surface area contributed by atoms with Gasteiger partial charge >= 0.3 is 0 Å². The molecule has 0 unspecified atom stereocenters. The van der Waals surface area contributed by atoms with Gasteiger partial charge < -0.3 is 15.0 Å². The van der Waals surface area contributed by atoms with Crippen molar-refractivity contribution in [3.05, 3.63) is 59.7 Å². The molecule has 1 aliphatic carbocycles. The van der Waals surface area contributed by atoms with Gasteiger partial charge in [0.1, 0.15) is 5.75 Å². The Bertz CT molecular complexity index is 804. The summed E-state index contributed by atoms with van der Waals surface area (Å²) >= 11 is 0. The maximum absolute atomic E-state index is 11.2. The second-order valence-electron chi connectivity index (χ2n) is 8.51. The zero-order valence-corrected chi connectivity index (χ0v) is 17.6. The topological polar surface area (TPSA) is 41.6 Å². The van der Waals surface area contributed by atoms with E-state index in [4.69, 9.17) is 4.74 Å². The highest BCUT2D eigenvalue weighted by atomic mass is 16.5. The van der Waals surface area contributed by atoms with E-state index in [1.54, 1.807) is 6.92 Å². The van der Waals surface area contributed by atoms with E-state index in [2.05, 4.69) is 58.7 Å². The number of rotatable bonds is 6. The number of amides is 1. The summed E-state index contributed by atoms with van der Waals surface area (Å²) in [5.41, 5.74) is 3.86. The number of benzene rings is 2. The second-order valence-corrected chi connectivity index (χ2v) is 8.51. The van der Waals surface area contributed by atoms with Crippen molar-refractivity contribution in [1.82, 2.24) is 5.32 Å². The Kier molecular flexibility index (Phi) is 6.08. The largest absolute Gasteiger partial charge is 0.490 e. The predicted molar refractivity (Wildman–Crippen MR) is 118 cm³/mol. The van der Waals surface area contributed by atoms with Crippen molar-refractivity contribution in [2.24, 2.45) is 0 Å². The minimum Gasteiger partial charge on any atom is -0.490 e. The van der Waals surface area contributed by atoms with Gasteiger partial charge in [-0.15, -0.1) is 0 Å². The van der Waals surface area contributed by atoms with Crippen molar-refractivity contribution in [2.75, 3.05) is 18.0 Å². The molecule has 2 aromatic rings. The Morgan fingerprint density at radius 2 is 1.66 bits per heavy atom. The van der Waals surface area contributed by atoms with Crippen molar-refractivity contribution in [3.8, 4) is 5.75 Å². The summed E-state index contributed by atoms with van der Waals surface area (Å²) in [7, 11) is 0. The van der Waals surface area contributed by atoms with Gasteiger partial charge in [0.15, 0.2) is 0 Å². The lowest BCUT2D eigenvalue weighted by molar-refractivity contribution is -0.119. The van der Waals surface area contributed by atoms with Crippen LogP contribution < -0.4 is 15.0 Å². The Morgan fingerprint density at radius 3 is 2.21 bits per heavy atom. The lowest BCUT2D eigenvalue weighted by atomic mass is 9.88. The van der Waals surface area contributed by atoms with Gasteiger partial charge in [0.2, 0.25) is 5.91 Å². The molecule has 1 aliphatic heterocycles. The van der Waals surface area contributed by atoms with Gasteiger partial charge in [-0.25, -0.2) is 0 Å². The van der Waals surface area contributed by atoms with E-state index >= 15 is 0 Å². The number of anilines is 1. The number of hydrogen-bond donors (Lipinski definition) is 1. The standard InChI is InChI=1S/C25H32N2O2/c1-18(26-19(2)28)20-6-8-21(9-7-20)22-14-16-27(17-15-22)23-10-12-25(13-11-23)29-24-4-3-5-24/h6-13,18,22,24H,3-5,14-17H2,1-2H3,(H,26,28)/t18-/m0/s1. The first-order valence-electron chi connectivity index (χ1n) is 11.0. The normalized spacial score (nSPS) is 18.8. The third-order valence-corrected chi connectivity index (χ3v) is 6.38. The Morgan fingerprint density at radius 1 is 1.00 bits per heavy atom. The van der Waals surface area contributed by atoms with Gasteiger partial charge in [0, 0.05) is 25.7 Å². The molecule has 2 aliphatic rings. The number of carbonyl (C=O) groups is 1. The lowest BCUT2D eigenvalue weighted by Crippen LogP contribution is -2.32. The summed E-state index contributed by atoms with van der Waals surface area (Å²) in [5, 5.41) is 2.95. The highest BCUT2D eigenvalue weighted by Crippen LogP contribution is 2.32. The van der Waals surface area contributed by atoms with Crippen LogP contribution in [-0.4, -0.2) is 25.1 Å². The molecule has 1 heterocycles. The molecule has 154 valence electrons. The summed E-state index contributed by atoms with van der Waals surface area (Å²) in [6.07, 6.45) is 6.46. The molecule has 4 heteroatoms. The summed E-state index contributed by atoms with van der Waals surface area (Å²) < 4.78 is 5.97. The van der Waals surface area contributed by atoms with E-state index < -0.39 is 0 Å². The highest BCUT2D eigenvalue weighted by molar-refractivity contribution is 5.73. The van der Waals surface area contributed by atoms with Crippen LogP contribution in [0.25, 0.3) is 0 Å². The van der Waals surface area contributed by atoms with E-state index in [0.717, 1.165) is 24.4 Å². The van der Waals surface area contributed by atoms with Crippen LogP contribution in [0.1, 0.15) is 69.0 Å². The summed E-state index contributed by atoms with van der Waals surface area (Å²) in [4.78, 5) is 13.7. The van der Waals surface area contributed by atoms with Gasteiger partial charge in [-0.2, -0.15) is 0 Å². The molecule has 1 saturated heterocycles. The number of nitrogens with one attached hydrogen (secondary N) is 1. The average Bonchev–Trinajstić information content (AvgIpc) is 2.71. The van der Waals surface area contributed by atoms with Crippen LogP contribution in [0.2, 0.25) is 0 Å². The van der Waals surface area contributed by atoms with Gasteiger partial charge in [0.25, 0.3) is 0 Å². The van der Waals surface area contributed by atoms with Crippen LogP contribution in [-0.2, 0) is 4.79 Å². The third kappa shape index (κ3) is 4.92. The molecule has 0 spiro atoms. The first-order chi connectivity index (χ1) is 14.1. The van der Waals surface area contributed by atoms with Crippen LogP contribution >= 0.6 is 0 Å². The van der Waals surface area contributed by atoms with Crippen LogP contribution in [0.4, 0.5) is 5.69 Å². The molecule has 1 atom stereocenters. The van der Waals surface area contributed by atoms with Crippen molar-refractivity contribution >= 4 is 11.6 Å². The van der Waals surface area contributed by atoms with E-state index in [1.807, 2.05) is 6.92 Å². The Labute approximate surface area is 174 Å². The van der Waals surface area contributed by atoms with Crippen LogP contribution in [0, 0.1) is 0 Å². The van der Waals surface area contributed by atoms with Crippen molar-refractivity contribution in [1.29, 1.82) is 0 Å². The fourth-order valence-corrected chi connectivity index (χ4v) is 4.33. The van der Waals surface area contributed by atoms with Crippen LogP contribution in [0.15, 0.2) is 48.5 Å². The molecule has 1 amide bonds. The molecule has 4 rings (SSSR count). The molecular formula is C25H32N2O2. The maximum Gasteiger partial charge on any atom is 0.217 e. The van der Waals surface area contributed by atoms with Gasteiger partial charge in [0.05, 0.1) is 12.1 Å². The lowest BCUT2D eigenvalue weighted by Gasteiger charge is -2.34. The highest BCUT2D eigenvalue weighted by Gasteiger charge is 2.22. The molecule has 1 saturated carbocycles. The monoisotopic (exact) mass is 392 g/mol. The molecule has 2 fully saturated rings. The first kappa shape index (κ1) is 19.8. The number of ether oxygens (including phenoxy) is 1. The summed E-state index contributed by atoms with van der Waals surface area (Å²) in [5.74, 6) is 1.62. The minimum atomic E-state index is 0.0107. The predicted octanol–water partition coefficient (Wildman–Crippen LogP) is 5.20. The van der Waals surface area contributed by atoms with Crippen molar-refractivity contribution in [3.63, 3.8) is 0 Å². The number of hydrogen-bond acceptors (Lipinski definition) is 3. The first-order valence-corrected chi connectivity index (χ1v) is 11.0. The zero-order valence-electron chi connectivity index (χ0n) is 17.6. The Balaban J connectivity index is 1.30. The molecular weight excluding hydrogens is 360 g/mol. The van der Waals surface area contributed by atoms with Gasteiger partial charge in [-0.05, 0) is 80.3 Å². The van der Waals surface area contributed by atoms with Gasteiger partial charge in [-0.1, -0.05) is 24.3 Å². The number of piperidine rings is 1. The van der Waals surface area contributed by atoms with Crippen LogP contribution in [0.5, 0.6) is 5.75 Å². The SMILES string of the molecule is CC(=O)N[C@@H](C)c1ccc(C2CCN(c3ccc(OC4CCC4)cc3)CC2)cc1. The molecule has 2 aromatic carbocycles. The molecule has 0 bridgehead atoms. The smallest absolute Gasteiger partial charge is 0.217 e. The maximum atomic E-state index is 11.2. The zero-order chi connectivity index (χ0) is 20.2. The van der Waals surface area contributed by atoms with Crippen LogP contribution in [0.3, 0.4) is 0 Å². The van der Waals surface area contributed by atoms with E-state index in [1.165, 1.54) is 43.4 Å². The van der Waals surface area contributed by atoms with Crippen molar-refractivity contribution < 1.29 is 9.53 Å². The number of carbonyl (C=O) groups excluding carboxylic acids is 1. The minimum absolute atomic E-state index is 0.0107. The molecule has 29 heavy (non-hydrogen) atoms. The second kappa shape index (κ2) is 8.89. The summed E-state index contributed by atoms with van der Waals surface area (Å²) in [6.45, 7) is 5.75. The van der Waals surface area contributed by atoms with Crippen molar-refractivity contribution in [2.45, 2.75) is 64.0 Å². The average molecular weight is 393 g/mol. The Hall–Kier alpha value is -2.49. The van der Waals surface area contributed by atoms with E-state index in [9.17, 15) is 4.79 Å². The van der Waals surface area contributed by atoms with E-state index in [-0.39, 0.29) is 11.9 Å². The molecule has 0 aromatic heterocycles. The summed E-state index contributed by atoms with van der Waals surface area (Å²) in [6, 6.07) is 17.5. The number of nitrogens with zero attached hydrogens (tertiary/aromatic N) is 1.